The van der Waals surface area contributed by atoms with Crippen molar-refractivity contribution in [1.82, 2.24) is 20.4 Å². The fourth-order valence-corrected chi connectivity index (χ4v) is 6.68. The van der Waals surface area contributed by atoms with Gasteiger partial charge in [0.2, 0.25) is 5.91 Å². The van der Waals surface area contributed by atoms with Crippen molar-refractivity contribution < 1.29 is 18.4 Å². The molecule has 2 saturated heterocycles. The van der Waals surface area contributed by atoms with Crippen LogP contribution in [0.3, 0.4) is 0 Å². The Morgan fingerprint density at radius 3 is 2.59 bits per heavy atom. The van der Waals surface area contributed by atoms with Gasteiger partial charge in [-0.2, -0.15) is 0 Å². The molecule has 3 atom stereocenters. The molecule has 2 aromatic carbocycles. The minimum atomic E-state index is -2.60. The van der Waals surface area contributed by atoms with Crippen molar-refractivity contribution in [3.63, 3.8) is 0 Å². The van der Waals surface area contributed by atoms with Gasteiger partial charge in [-0.1, -0.05) is 71.4 Å². The van der Waals surface area contributed by atoms with Crippen molar-refractivity contribution >= 4 is 46.0 Å². The van der Waals surface area contributed by atoms with Gasteiger partial charge in [0.1, 0.15) is 0 Å². The first-order chi connectivity index (χ1) is 19.7. The third kappa shape index (κ3) is 9.08. The first kappa shape index (κ1) is 32.1. The minimum absolute atomic E-state index is 0.0416. The molecular formula is C31H40ClF2IN4O2. The highest BCUT2D eigenvalue weighted by molar-refractivity contribution is 14.1. The molecule has 0 bridgehead atoms. The highest BCUT2D eigenvalue weighted by Gasteiger charge is 2.36. The van der Waals surface area contributed by atoms with Gasteiger partial charge in [0.25, 0.3) is 11.8 Å². The highest BCUT2D eigenvalue weighted by Crippen LogP contribution is 2.28. The lowest BCUT2D eigenvalue weighted by molar-refractivity contribution is -0.133. The van der Waals surface area contributed by atoms with Gasteiger partial charge in [-0.3, -0.25) is 9.59 Å². The van der Waals surface area contributed by atoms with Crippen molar-refractivity contribution in [3.05, 3.63) is 70.2 Å². The summed E-state index contributed by atoms with van der Waals surface area (Å²) in [6.07, 6.45) is 1.86. The van der Waals surface area contributed by atoms with Gasteiger partial charge in [0.15, 0.2) is 0 Å². The van der Waals surface area contributed by atoms with Gasteiger partial charge in [0, 0.05) is 79.1 Å². The maximum absolute atomic E-state index is 13.8. The molecule has 2 aliphatic rings. The number of carbonyl (C=O) groups is 2. The van der Waals surface area contributed by atoms with Crippen LogP contribution in [0.15, 0.2) is 48.5 Å². The second-order valence-electron chi connectivity index (χ2n) is 11.1. The number of hydrogen-bond acceptors (Lipinski definition) is 4. The molecule has 0 aromatic heterocycles. The van der Waals surface area contributed by atoms with E-state index in [1.54, 1.807) is 12.1 Å². The summed E-state index contributed by atoms with van der Waals surface area (Å²) in [6.45, 7) is 4.97. The molecule has 0 unspecified atom stereocenters. The summed E-state index contributed by atoms with van der Waals surface area (Å²) >= 11 is 8.45. The summed E-state index contributed by atoms with van der Waals surface area (Å²) in [7, 11) is 0. The second-order valence-corrected chi connectivity index (χ2v) is 12.3. The molecule has 10 heteroatoms. The standard InChI is InChI=1S/C31H40ClF2IN4O2/c1-2-22(23-6-4-3-5-7-23)21-39-15-10-26(20-36-29(40)24-8-9-27(32)25(18-24)19-35)37-28(30(39)41)11-14-38-16-12-31(33,34)13-17-38/h3-9,18,22,26,28,37H,2,10-17,19-21H2,1H3,(H,36,40)/t22-,26+,28+/m1/s1. The summed E-state index contributed by atoms with van der Waals surface area (Å²) in [6, 6.07) is 15.0. The van der Waals surface area contributed by atoms with Crippen LogP contribution in [0.2, 0.25) is 5.02 Å². The lowest BCUT2D eigenvalue weighted by Crippen LogP contribution is -2.51. The molecule has 2 aromatic rings. The number of benzene rings is 2. The average Bonchev–Trinajstić information content (AvgIpc) is 3.12. The van der Waals surface area contributed by atoms with E-state index >= 15 is 0 Å². The Kier molecular flexibility index (Phi) is 11.8. The van der Waals surface area contributed by atoms with Gasteiger partial charge in [-0.25, -0.2) is 8.78 Å². The van der Waals surface area contributed by atoms with Crippen LogP contribution in [0, 0.1) is 0 Å². The van der Waals surface area contributed by atoms with Crippen molar-refractivity contribution in [3.8, 4) is 0 Å². The molecule has 2 heterocycles. The summed E-state index contributed by atoms with van der Waals surface area (Å²) < 4.78 is 28.1. The van der Waals surface area contributed by atoms with E-state index in [4.69, 9.17) is 11.6 Å². The molecule has 2 fully saturated rings. The van der Waals surface area contributed by atoms with Crippen LogP contribution in [0.1, 0.15) is 66.4 Å². The second kappa shape index (κ2) is 15.1. The summed E-state index contributed by atoms with van der Waals surface area (Å²) in [4.78, 5) is 30.8. The van der Waals surface area contributed by atoms with Crippen molar-refractivity contribution in [2.24, 2.45) is 0 Å². The number of halogens is 4. The monoisotopic (exact) mass is 700 g/mol. The van der Waals surface area contributed by atoms with Gasteiger partial charge < -0.3 is 20.4 Å². The summed E-state index contributed by atoms with van der Waals surface area (Å²) in [5.41, 5.74) is 2.68. The van der Waals surface area contributed by atoms with Gasteiger partial charge >= 0.3 is 0 Å². The van der Waals surface area contributed by atoms with Crippen molar-refractivity contribution in [2.75, 3.05) is 39.3 Å². The molecular weight excluding hydrogens is 661 g/mol. The molecule has 41 heavy (non-hydrogen) atoms. The van der Waals surface area contributed by atoms with E-state index in [-0.39, 0.29) is 36.6 Å². The molecule has 2 aliphatic heterocycles. The predicted molar refractivity (Wildman–Crippen MR) is 168 cm³/mol. The molecule has 0 spiro atoms. The molecule has 4 rings (SSSR count). The molecule has 2 amide bonds. The zero-order valence-electron chi connectivity index (χ0n) is 23.6. The summed E-state index contributed by atoms with van der Waals surface area (Å²) in [5.74, 6) is -2.51. The Balaban J connectivity index is 1.43. The third-order valence-electron chi connectivity index (χ3n) is 8.28. The number of amides is 2. The van der Waals surface area contributed by atoms with Crippen molar-refractivity contribution in [2.45, 2.75) is 67.4 Å². The van der Waals surface area contributed by atoms with Crippen LogP contribution in [0.5, 0.6) is 0 Å². The van der Waals surface area contributed by atoms with Crippen LogP contribution < -0.4 is 10.6 Å². The topological polar surface area (TPSA) is 64.7 Å². The molecule has 0 aliphatic carbocycles. The van der Waals surface area contributed by atoms with E-state index in [1.165, 1.54) is 5.56 Å². The Labute approximate surface area is 260 Å². The number of likely N-dealkylation sites (tertiary alicyclic amines) is 1. The maximum atomic E-state index is 13.8. The average molecular weight is 701 g/mol. The number of nitrogens with zero attached hydrogens (tertiary/aromatic N) is 2. The van der Waals surface area contributed by atoms with Crippen LogP contribution >= 0.6 is 34.2 Å². The Morgan fingerprint density at radius 2 is 1.90 bits per heavy atom. The van der Waals surface area contributed by atoms with Crippen LogP contribution in [0.25, 0.3) is 0 Å². The van der Waals surface area contributed by atoms with Gasteiger partial charge in [0.05, 0.1) is 6.04 Å². The molecule has 2 N–H and O–H groups in total. The quantitative estimate of drug-likeness (QED) is 0.227. The van der Waals surface area contributed by atoms with Crippen LogP contribution in [-0.2, 0) is 9.22 Å². The van der Waals surface area contributed by atoms with E-state index in [1.807, 2.05) is 34.1 Å². The maximum Gasteiger partial charge on any atom is 0.251 e. The SMILES string of the molecule is CC[C@H](CN1CC[C@@H](CNC(=O)c2ccc(Cl)c(CI)c2)N[C@@H](CCN2CCC(F)(F)CC2)C1=O)c1ccccc1. The first-order valence-corrected chi connectivity index (χ1v) is 16.4. The van der Waals surface area contributed by atoms with Crippen molar-refractivity contribution in [1.29, 1.82) is 0 Å². The fourth-order valence-electron chi connectivity index (χ4n) is 5.64. The van der Waals surface area contributed by atoms with E-state index in [9.17, 15) is 18.4 Å². The lowest BCUT2D eigenvalue weighted by atomic mass is 9.95. The normalized spacial score (nSPS) is 22.3. The van der Waals surface area contributed by atoms with E-state index in [0.717, 1.165) is 12.0 Å². The molecule has 0 radical (unpaired) electrons. The number of nitrogens with one attached hydrogen (secondary N) is 2. The number of hydrogen-bond donors (Lipinski definition) is 2. The molecule has 6 nitrogen and oxygen atoms in total. The number of piperidine rings is 1. The zero-order valence-corrected chi connectivity index (χ0v) is 26.5. The van der Waals surface area contributed by atoms with E-state index in [0.29, 0.717) is 67.1 Å². The number of alkyl halides is 3. The largest absolute Gasteiger partial charge is 0.350 e. The van der Waals surface area contributed by atoms with Gasteiger partial charge in [-0.05, 0) is 48.6 Å². The predicted octanol–water partition coefficient (Wildman–Crippen LogP) is 5.88. The fraction of sp³-hybridized carbons (Fsp3) is 0.548. The number of carbonyl (C=O) groups excluding carboxylic acids is 2. The van der Waals surface area contributed by atoms with E-state index < -0.39 is 12.0 Å². The minimum Gasteiger partial charge on any atom is -0.350 e. The van der Waals surface area contributed by atoms with Gasteiger partial charge in [-0.15, -0.1) is 0 Å². The highest BCUT2D eigenvalue weighted by atomic mass is 127. The lowest BCUT2D eigenvalue weighted by Gasteiger charge is -2.33. The Morgan fingerprint density at radius 1 is 1.17 bits per heavy atom. The molecule has 224 valence electrons. The number of rotatable bonds is 11. The van der Waals surface area contributed by atoms with E-state index in [2.05, 4.69) is 52.3 Å². The third-order valence-corrected chi connectivity index (χ3v) is 9.47. The zero-order chi connectivity index (χ0) is 29.4. The smallest absolute Gasteiger partial charge is 0.251 e. The van der Waals surface area contributed by atoms with Crippen LogP contribution in [-0.4, -0.2) is 78.9 Å². The van der Waals surface area contributed by atoms with Crippen LogP contribution in [0.4, 0.5) is 8.78 Å². The summed E-state index contributed by atoms with van der Waals surface area (Å²) in [5, 5.41) is 7.20. The first-order valence-electron chi connectivity index (χ1n) is 14.5. The Hall–Kier alpha value is -1.82. The molecule has 0 saturated carbocycles. The Bertz CT molecular complexity index is 1160.